The topological polar surface area (TPSA) is 69.7 Å². The van der Waals surface area contributed by atoms with Gasteiger partial charge in [0, 0.05) is 54.0 Å². The maximum atomic E-state index is 13.8. The molecule has 1 N–H and O–H groups in total. The largest absolute Gasteiger partial charge is 0.357 e. The van der Waals surface area contributed by atoms with Gasteiger partial charge in [0.15, 0.2) is 0 Å². The van der Waals surface area contributed by atoms with Gasteiger partial charge in [0.1, 0.15) is 6.04 Å². The molecule has 1 heterocycles. The number of rotatable bonds is 10. The van der Waals surface area contributed by atoms with E-state index in [0.29, 0.717) is 40.6 Å². The van der Waals surface area contributed by atoms with Crippen LogP contribution in [0, 0.1) is 0 Å². The number of likely N-dealkylation sites (N-methyl/N-ethyl adjacent to an activating group) is 1. The number of nitrogens with zero attached hydrogens (tertiary/aromatic N) is 2. The van der Waals surface area contributed by atoms with Crippen LogP contribution >= 0.6 is 23.2 Å². The highest BCUT2D eigenvalue weighted by atomic mass is 35.5. The van der Waals surface area contributed by atoms with E-state index >= 15 is 0 Å². The summed E-state index contributed by atoms with van der Waals surface area (Å²) in [5.74, 6) is -0.520. The predicted molar refractivity (Wildman–Crippen MR) is 160 cm³/mol. The summed E-state index contributed by atoms with van der Waals surface area (Å²) in [6.07, 6.45) is 0.939. The van der Waals surface area contributed by atoms with Crippen molar-refractivity contribution in [2.24, 2.45) is 0 Å². The highest BCUT2D eigenvalue weighted by Crippen LogP contribution is 2.37. The van der Waals surface area contributed by atoms with E-state index in [0.717, 1.165) is 22.0 Å². The molecule has 204 valence electrons. The Labute approximate surface area is 243 Å². The second-order valence-corrected chi connectivity index (χ2v) is 10.7. The number of carbonyl (C=O) groups excluding carboxylic acids is 3. The second-order valence-electron chi connectivity index (χ2n) is 9.82. The lowest BCUT2D eigenvalue weighted by atomic mass is 10.0. The molecule has 0 fully saturated rings. The lowest BCUT2D eigenvalue weighted by Gasteiger charge is -2.31. The standard InChI is InChI=1S/C32H29Cl2N3O3/c1-35-31(39)28(18-21-8-3-2-4-9-21)37(20-23-15-16-24(33)19-26(23)34)29(38)14-7-17-36-27-13-6-11-22-10-5-12-25(30(22)27)32(36)40/h2-6,8-13,15-16,19,28H,7,14,17-18,20H2,1H3,(H,35,39)/t28-/m0/s1. The van der Waals surface area contributed by atoms with Crippen LogP contribution in [0.4, 0.5) is 5.69 Å². The van der Waals surface area contributed by atoms with E-state index in [4.69, 9.17) is 23.2 Å². The van der Waals surface area contributed by atoms with Crippen LogP contribution < -0.4 is 10.2 Å². The van der Waals surface area contributed by atoms with Crippen molar-refractivity contribution in [1.82, 2.24) is 10.2 Å². The SMILES string of the molecule is CNC(=O)[C@H](Cc1ccccc1)N(Cc1ccc(Cl)cc1Cl)C(=O)CCCN1C(=O)c2cccc3cccc1c23. The molecule has 0 saturated heterocycles. The molecular formula is C32H29Cl2N3O3. The Morgan fingerprint density at radius 3 is 2.42 bits per heavy atom. The van der Waals surface area contributed by atoms with Crippen LogP contribution in [0.5, 0.6) is 0 Å². The summed E-state index contributed by atoms with van der Waals surface area (Å²) in [6, 6.07) is 25.6. The molecule has 6 nitrogen and oxygen atoms in total. The summed E-state index contributed by atoms with van der Waals surface area (Å²) < 4.78 is 0. The molecule has 0 saturated carbocycles. The van der Waals surface area contributed by atoms with Gasteiger partial charge in [-0.2, -0.15) is 0 Å². The molecule has 5 rings (SSSR count). The van der Waals surface area contributed by atoms with Gasteiger partial charge in [0.05, 0.1) is 5.69 Å². The first-order chi connectivity index (χ1) is 19.4. The molecule has 0 spiro atoms. The minimum atomic E-state index is -0.752. The van der Waals surface area contributed by atoms with Gasteiger partial charge >= 0.3 is 0 Å². The van der Waals surface area contributed by atoms with E-state index in [1.807, 2.05) is 66.7 Å². The van der Waals surface area contributed by atoms with E-state index in [1.165, 1.54) is 0 Å². The number of benzene rings is 4. The minimum Gasteiger partial charge on any atom is -0.357 e. The van der Waals surface area contributed by atoms with E-state index in [2.05, 4.69) is 5.32 Å². The summed E-state index contributed by atoms with van der Waals surface area (Å²) in [5, 5.41) is 5.60. The van der Waals surface area contributed by atoms with Gasteiger partial charge in [-0.1, -0.05) is 83.9 Å². The Bertz CT molecular complexity index is 1570. The third-order valence-electron chi connectivity index (χ3n) is 7.29. The van der Waals surface area contributed by atoms with Gasteiger partial charge < -0.3 is 15.1 Å². The average Bonchev–Trinajstić information content (AvgIpc) is 3.24. The Kier molecular flexibility index (Phi) is 8.38. The van der Waals surface area contributed by atoms with Gasteiger partial charge in [-0.3, -0.25) is 14.4 Å². The molecule has 3 amide bonds. The van der Waals surface area contributed by atoms with Crippen molar-refractivity contribution in [3.63, 3.8) is 0 Å². The molecule has 0 radical (unpaired) electrons. The quantitative estimate of drug-likeness (QED) is 0.243. The van der Waals surface area contributed by atoms with Crippen molar-refractivity contribution in [3.8, 4) is 0 Å². The van der Waals surface area contributed by atoms with Crippen LogP contribution in [0.3, 0.4) is 0 Å². The van der Waals surface area contributed by atoms with Crippen molar-refractivity contribution in [3.05, 3.63) is 112 Å². The van der Waals surface area contributed by atoms with Crippen LogP contribution in [0.2, 0.25) is 10.0 Å². The first-order valence-electron chi connectivity index (χ1n) is 13.2. The van der Waals surface area contributed by atoms with Crippen LogP contribution in [-0.2, 0) is 22.6 Å². The summed E-state index contributed by atoms with van der Waals surface area (Å²) in [4.78, 5) is 43.5. The van der Waals surface area contributed by atoms with Gasteiger partial charge in [-0.25, -0.2) is 0 Å². The van der Waals surface area contributed by atoms with Gasteiger partial charge in [0.2, 0.25) is 11.8 Å². The second kappa shape index (κ2) is 12.1. The molecule has 0 bridgehead atoms. The summed E-state index contributed by atoms with van der Waals surface area (Å²) in [5.41, 5.74) is 3.17. The molecule has 1 aliphatic heterocycles. The number of amides is 3. The lowest BCUT2D eigenvalue weighted by molar-refractivity contribution is -0.141. The van der Waals surface area contributed by atoms with E-state index in [1.54, 1.807) is 35.0 Å². The Hall–Kier alpha value is -3.87. The smallest absolute Gasteiger partial charge is 0.258 e. The zero-order valence-corrected chi connectivity index (χ0v) is 23.6. The number of carbonyl (C=O) groups is 3. The molecule has 4 aromatic carbocycles. The number of hydrogen-bond acceptors (Lipinski definition) is 3. The van der Waals surface area contributed by atoms with Crippen molar-refractivity contribution in [1.29, 1.82) is 0 Å². The molecule has 40 heavy (non-hydrogen) atoms. The first kappa shape index (κ1) is 27.7. The molecule has 1 aliphatic rings. The number of halogens is 2. The third-order valence-corrected chi connectivity index (χ3v) is 7.88. The van der Waals surface area contributed by atoms with Gasteiger partial charge in [-0.15, -0.1) is 0 Å². The number of anilines is 1. The summed E-state index contributed by atoms with van der Waals surface area (Å²) in [7, 11) is 1.56. The van der Waals surface area contributed by atoms with E-state index < -0.39 is 6.04 Å². The van der Waals surface area contributed by atoms with E-state index in [-0.39, 0.29) is 30.7 Å². The normalized spacial score (nSPS) is 13.0. The zero-order chi connectivity index (χ0) is 28.2. The third kappa shape index (κ3) is 5.69. The maximum absolute atomic E-state index is 13.8. The first-order valence-corrected chi connectivity index (χ1v) is 14.0. The highest BCUT2D eigenvalue weighted by Gasteiger charge is 2.32. The molecule has 1 atom stereocenters. The van der Waals surface area contributed by atoms with Gasteiger partial charge in [-0.05, 0) is 47.2 Å². The van der Waals surface area contributed by atoms with Crippen molar-refractivity contribution in [2.75, 3.05) is 18.5 Å². The summed E-state index contributed by atoms with van der Waals surface area (Å²) >= 11 is 12.6. The van der Waals surface area contributed by atoms with Crippen molar-refractivity contribution in [2.45, 2.75) is 31.8 Å². The molecule has 0 aromatic heterocycles. The fourth-order valence-electron chi connectivity index (χ4n) is 5.29. The van der Waals surface area contributed by atoms with E-state index in [9.17, 15) is 14.4 Å². The molecule has 0 aliphatic carbocycles. The monoisotopic (exact) mass is 573 g/mol. The Balaban J connectivity index is 1.37. The lowest BCUT2D eigenvalue weighted by Crippen LogP contribution is -2.49. The van der Waals surface area contributed by atoms with Gasteiger partial charge in [0.25, 0.3) is 5.91 Å². The Morgan fingerprint density at radius 2 is 1.70 bits per heavy atom. The minimum absolute atomic E-state index is 0.0589. The fraction of sp³-hybridized carbons (Fsp3) is 0.219. The molecular weight excluding hydrogens is 545 g/mol. The molecule has 0 unspecified atom stereocenters. The molecule has 4 aromatic rings. The highest BCUT2D eigenvalue weighted by molar-refractivity contribution is 6.35. The zero-order valence-electron chi connectivity index (χ0n) is 22.1. The maximum Gasteiger partial charge on any atom is 0.258 e. The number of nitrogens with one attached hydrogen (secondary N) is 1. The summed E-state index contributed by atoms with van der Waals surface area (Å²) in [6.45, 7) is 0.532. The fourth-order valence-corrected chi connectivity index (χ4v) is 5.76. The predicted octanol–water partition coefficient (Wildman–Crippen LogP) is 6.27. The van der Waals surface area contributed by atoms with Crippen molar-refractivity contribution < 1.29 is 14.4 Å². The van der Waals surface area contributed by atoms with Crippen LogP contribution in [0.25, 0.3) is 10.8 Å². The Morgan fingerprint density at radius 1 is 0.950 bits per heavy atom. The van der Waals surface area contributed by atoms with Crippen molar-refractivity contribution >= 4 is 57.4 Å². The van der Waals surface area contributed by atoms with Crippen LogP contribution in [0.1, 0.15) is 34.3 Å². The van der Waals surface area contributed by atoms with Crippen LogP contribution in [-0.4, -0.2) is 42.3 Å². The number of hydrogen-bond donors (Lipinski definition) is 1. The molecule has 8 heteroatoms. The average molecular weight is 575 g/mol. The van der Waals surface area contributed by atoms with Crippen LogP contribution in [0.15, 0.2) is 84.9 Å².